The quantitative estimate of drug-likeness (QED) is 0.102. The summed E-state index contributed by atoms with van der Waals surface area (Å²) in [6.07, 6.45) is -2.93. The smallest absolute Gasteiger partial charge is 0.335 e. The van der Waals surface area contributed by atoms with E-state index < -0.39 is 36.5 Å². The fourth-order valence-electron chi connectivity index (χ4n) is 2.94. The van der Waals surface area contributed by atoms with Gasteiger partial charge in [0.25, 0.3) is 0 Å². The van der Waals surface area contributed by atoms with Gasteiger partial charge in [-0.2, -0.15) is 0 Å². The molecule has 0 aliphatic rings. The molecular formula is C23H32N2O11. The number of carboxylic acid groups (broad SMARTS) is 1. The molecular weight excluding hydrogens is 480 g/mol. The summed E-state index contributed by atoms with van der Waals surface area (Å²) in [5.41, 5.74) is 0.686. The Bertz CT molecular complexity index is 918. The summed E-state index contributed by atoms with van der Waals surface area (Å²) in [6, 6.07) is 4.41. The number of likely N-dealkylation sites (N-methyl/N-ethyl adjacent to an activating group) is 1. The number of hydrogen-bond acceptors (Lipinski definition) is 10. The molecule has 0 radical (unpaired) electrons. The van der Waals surface area contributed by atoms with Crippen LogP contribution in [0.1, 0.15) is 12.0 Å². The second-order valence-electron chi connectivity index (χ2n) is 7.55. The number of carbonyl (C=O) groups is 3. The van der Waals surface area contributed by atoms with Crippen LogP contribution in [0.4, 0.5) is 5.69 Å². The first kappa shape index (κ1) is 30.8. The van der Waals surface area contributed by atoms with Crippen LogP contribution in [0.5, 0.6) is 5.75 Å². The minimum atomic E-state index is -2.09. The SMILES string of the molecule is C#CCOCCC(=O)N(C)CC(=O)Nc1cc(COC)ccc1OC(O)C(O)C(O)C(OC)C(=O)O. The molecule has 36 heavy (non-hydrogen) atoms. The summed E-state index contributed by atoms with van der Waals surface area (Å²) < 4.78 is 20.0. The number of amides is 2. The van der Waals surface area contributed by atoms with Crippen molar-refractivity contribution in [3.63, 3.8) is 0 Å². The number of hydrogen-bond donors (Lipinski definition) is 5. The molecule has 0 saturated carbocycles. The lowest BCUT2D eigenvalue weighted by Crippen LogP contribution is -2.50. The second kappa shape index (κ2) is 15.7. The predicted octanol–water partition coefficient (Wildman–Crippen LogP) is -1.21. The van der Waals surface area contributed by atoms with Crippen LogP contribution in [0, 0.1) is 12.3 Å². The summed E-state index contributed by atoms with van der Waals surface area (Å²) in [7, 11) is 3.90. The van der Waals surface area contributed by atoms with E-state index in [1.165, 1.54) is 31.2 Å². The highest BCUT2D eigenvalue weighted by atomic mass is 16.6. The van der Waals surface area contributed by atoms with Crippen LogP contribution in [0.25, 0.3) is 0 Å². The number of benzene rings is 1. The highest BCUT2D eigenvalue weighted by Crippen LogP contribution is 2.28. The molecule has 0 bridgehead atoms. The average Bonchev–Trinajstić information content (AvgIpc) is 2.82. The van der Waals surface area contributed by atoms with Crippen molar-refractivity contribution in [2.45, 2.75) is 37.6 Å². The van der Waals surface area contributed by atoms with Crippen molar-refractivity contribution in [3.8, 4) is 18.1 Å². The van der Waals surface area contributed by atoms with Gasteiger partial charge >= 0.3 is 5.97 Å². The molecule has 13 heteroatoms. The standard InChI is InChI=1S/C23H32N2O11/c1-5-9-35-10-8-18(27)25(2)12-17(26)24-15-11-14(13-33-3)6-7-16(15)36-23(32)20(29)19(28)21(34-4)22(30)31/h1,6-7,11,19-21,23,28-29,32H,8-10,12-13H2,2-4H3,(H,24,26)(H,30,31). The number of carboxylic acids is 1. The summed E-state index contributed by atoms with van der Waals surface area (Å²) in [5.74, 6) is -0.350. The topological polar surface area (TPSA) is 184 Å². The van der Waals surface area contributed by atoms with Crippen molar-refractivity contribution in [1.82, 2.24) is 4.90 Å². The first-order chi connectivity index (χ1) is 17.0. The first-order valence-corrected chi connectivity index (χ1v) is 10.7. The molecule has 0 heterocycles. The third-order valence-corrected chi connectivity index (χ3v) is 4.78. The molecule has 5 N–H and O–H groups in total. The second-order valence-corrected chi connectivity index (χ2v) is 7.55. The maximum atomic E-state index is 12.6. The molecule has 1 aromatic rings. The van der Waals surface area contributed by atoms with Gasteiger partial charge in [-0.05, 0) is 17.7 Å². The molecule has 0 aromatic heterocycles. The Morgan fingerprint density at radius 3 is 2.44 bits per heavy atom. The number of methoxy groups -OCH3 is 2. The van der Waals surface area contributed by atoms with E-state index in [0.717, 1.165) is 7.11 Å². The van der Waals surface area contributed by atoms with Gasteiger partial charge in [-0.15, -0.1) is 6.42 Å². The maximum Gasteiger partial charge on any atom is 0.335 e. The van der Waals surface area contributed by atoms with Crippen molar-refractivity contribution in [3.05, 3.63) is 23.8 Å². The lowest BCUT2D eigenvalue weighted by Gasteiger charge is -2.27. The van der Waals surface area contributed by atoms with Crippen LogP contribution in [-0.4, -0.2) is 109 Å². The zero-order valence-corrected chi connectivity index (χ0v) is 20.2. The molecule has 0 saturated heterocycles. The third-order valence-electron chi connectivity index (χ3n) is 4.78. The number of terminal acetylenes is 1. The van der Waals surface area contributed by atoms with Gasteiger partial charge in [0.2, 0.25) is 18.1 Å². The molecule has 1 aromatic carbocycles. The van der Waals surface area contributed by atoms with E-state index in [0.29, 0.717) is 5.56 Å². The minimum absolute atomic E-state index is 0.0222. The van der Waals surface area contributed by atoms with Crippen LogP contribution in [0.2, 0.25) is 0 Å². The molecule has 200 valence electrons. The van der Waals surface area contributed by atoms with Crippen molar-refractivity contribution >= 4 is 23.5 Å². The Morgan fingerprint density at radius 1 is 1.17 bits per heavy atom. The van der Waals surface area contributed by atoms with Crippen molar-refractivity contribution in [2.24, 2.45) is 0 Å². The number of nitrogens with zero attached hydrogens (tertiary/aromatic N) is 1. The fraction of sp³-hybridized carbons (Fsp3) is 0.522. The van der Waals surface area contributed by atoms with Gasteiger partial charge in [0.15, 0.2) is 6.10 Å². The number of carbonyl (C=O) groups excluding carboxylic acids is 2. The van der Waals surface area contributed by atoms with E-state index in [-0.39, 0.29) is 50.1 Å². The Labute approximate surface area is 208 Å². The lowest BCUT2D eigenvalue weighted by molar-refractivity contribution is -0.184. The molecule has 1 rings (SSSR count). The number of rotatable bonds is 16. The van der Waals surface area contributed by atoms with Crippen LogP contribution in [-0.2, 0) is 35.2 Å². The number of nitrogens with one attached hydrogen (secondary N) is 1. The summed E-state index contributed by atoms with van der Waals surface area (Å²) in [6.45, 7) is 0.0269. The Hall–Kier alpha value is -3.25. The van der Waals surface area contributed by atoms with E-state index in [9.17, 15) is 29.7 Å². The third kappa shape index (κ3) is 9.78. The molecule has 4 unspecified atom stereocenters. The zero-order chi connectivity index (χ0) is 27.3. The van der Waals surface area contributed by atoms with Crippen LogP contribution >= 0.6 is 0 Å². The first-order valence-electron chi connectivity index (χ1n) is 10.7. The Kier molecular flexibility index (Phi) is 13.4. The molecule has 0 spiro atoms. The lowest BCUT2D eigenvalue weighted by atomic mass is 10.1. The number of anilines is 1. The van der Waals surface area contributed by atoms with E-state index in [1.54, 1.807) is 6.07 Å². The molecule has 4 atom stereocenters. The van der Waals surface area contributed by atoms with E-state index in [1.807, 2.05) is 0 Å². The predicted molar refractivity (Wildman–Crippen MR) is 125 cm³/mol. The van der Waals surface area contributed by atoms with Gasteiger partial charge in [0.05, 0.1) is 31.9 Å². The number of ether oxygens (including phenoxy) is 4. The number of aliphatic carboxylic acids is 1. The van der Waals surface area contributed by atoms with Gasteiger partial charge in [0.1, 0.15) is 24.6 Å². The van der Waals surface area contributed by atoms with Crippen molar-refractivity contribution in [1.29, 1.82) is 0 Å². The normalized spacial score (nSPS) is 14.1. The summed E-state index contributed by atoms with van der Waals surface area (Å²) in [4.78, 5) is 37.0. The summed E-state index contributed by atoms with van der Waals surface area (Å²) in [5, 5.41) is 42.0. The van der Waals surface area contributed by atoms with Gasteiger partial charge in [-0.25, -0.2) is 4.79 Å². The van der Waals surface area contributed by atoms with Gasteiger partial charge < -0.3 is 49.6 Å². The molecule has 13 nitrogen and oxygen atoms in total. The van der Waals surface area contributed by atoms with Crippen LogP contribution < -0.4 is 10.1 Å². The molecule has 0 fully saturated rings. The Balaban J connectivity index is 2.94. The largest absolute Gasteiger partial charge is 0.479 e. The van der Waals surface area contributed by atoms with E-state index >= 15 is 0 Å². The molecule has 2 amide bonds. The van der Waals surface area contributed by atoms with Gasteiger partial charge in [0, 0.05) is 21.3 Å². The number of aliphatic hydroxyl groups is 3. The molecule has 0 aliphatic carbocycles. The monoisotopic (exact) mass is 512 g/mol. The highest BCUT2D eigenvalue weighted by Gasteiger charge is 2.37. The fourth-order valence-corrected chi connectivity index (χ4v) is 2.94. The Morgan fingerprint density at radius 2 is 1.86 bits per heavy atom. The average molecular weight is 513 g/mol. The van der Waals surface area contributed by atoms with Crippen LogP contribution in [0.3, 0.4) is 0 Å². The number of aliphatic hydroxyl groups excluding tert-OH is 3. The summed E-state index contributed by atoms with van der Waals surface area (Å²) >= 11 is 0. The minimum Gasteiger partial charge on any atom is -0.479 e. The van der Waals surface area contributed by atoms with Gasteiger partial charge in [-0.3, -0.25) is 9.59 Å². The van der Waals surface area contributed by atoms with Crippen molar-refractivity contribution < 1.29 is 53.8 Å². The van der Waals surface area contributed by atoms with Crippen molar-refractivity contribution in [2.75, 3.05) is 46.3 Å². The highest BCUT2D eigenvalue weighted by molar-refractivity contribution is 5.95. The molecule has 0 aliphatic heterocycles. The maximum absolute atomic E-state index is 12.6. The van der Waals surface area contributed by atoms with E-state index in [4.69, 9.17) is 25.7 Å². The van der Waals surface area contributed by atoms with Crippen LogP contribution in [0.15, 0.2) is 18.2 Å². The van der Waals surface area contributed by atoms with E-state index in [2.05, 4.69) is 16.0 Å². The van der Waals surface area contributed by atoms with Gasteiger partial charge in [-0.1, -0.05) is 12.0 Å². The zero-order valence-electron chi connectivity index (χ0n) is 20.2.